The average molecular weight is 350 g/mol. The number of ketones is 1. The van der Waals surface area contributed by atoms with Gasteiger partial charge in [-0.15, -0.1) is 0 Å². The number of benzene rings is 1. The van der Waals surface area contributed by atoms with Crippen LogP contribution in [0.1, 0.15) is 38.3 Å². The van der Waals surface area contributed by atoms with Gasteiger partial charge in [0.05, 0.1) is 6.04 Å². The van der Waals surface area contributed by atoms with E-state index in [9.17, 15) is 18.4 Å². The number of hydrogen-bond acceptors (Lipinski definition) is 3. The van der Waals surface area contributed by atoms with Crippen LogP contribution < -0.4 is 10.1 Å². The minimum atomic E-state index is -2.99. The summed E-state index contributed by atoms with van der Waals surface area (Å²) in [5.41, 5.74) is 1.18. The number of carbonyl (C=O) groups is 2. The van der Waals surface area contributed by atoms with Gasteiger partial charge in [-0.3, -0.25) is 4.79 Å². The molecular weight excluding hydrogens is 330 g/mol. The average Bonchev–Trinajstić information content (AvgIpc) is 2.50. The van der Waals surface area contributed by atoms with Crippen molar-refractivity contribution in [2.75, 3.05) is 7.05 Å². The number of alkyl halides is 2. The lowest BCUT2D eigenvalue weighted by atomic mass is 9.72. The summed E-state index contributed by atoms with van der Waals surface area (Å²) in [7, 11) is 1.61. The number of allylic oxidation sites excluding steroid dienone is 1. The number of Topliss-reactive ketones (excluding diaryl/α,β-unsaturated/α-hetero) is 1. The van der Waals surface area contributed by atoms with Crippen molar-refractivity contribution in [1.29, 1.82) is 0 Å². The summed E-state index contributed by atoms with van der Waals surface area (Å²) in [6.07, 6.45) is 0.899. The number of carbonyl (C=O) groups excluding carboxylic acids is 2. The fraction of sp³-hybridized carbons (Fsp3) is 0.444. The standard InChI is InChI=1S/C18H20F2N2O3/c1-18(2)8-11-14(12(23)9-18)15(21-17(24)22(11)3)10-6-4-5-7-13(10)25-16(19)20/h4-7,15-16H,8-9H2,1-3H3,(H,21,24). The number of hydrogen-bond donors (Lipinski definition) is 1. The van der Waals surface area contributed by atoms with Crippen molar-refractivity contribution in [3.63, 3.8) is 0 Å². The number of rotatable bonds is 3. The lowest BCUT2D eigenvalue weighted by molar-refractivity contribution is -0.118. The van der Waals surface area contributed by atoms with E-state index in [1.165, 1.54) is 11.0 Å². The number of para-hydroxylation sites is 1. The van der Waals surface area contributed by atoms with Gasteiger partial charge in [0.25, 0.3) is 0 Å². The summed E-state index contributed by atoms with van der Waals surface area (Å²) < 4.78 is 30.0. The van der Waals surface area contributed by atoms with Crippen molar-refractivity contribution in [2.45, 2.75) is 39.3 Å². The number of nitrogens with zero attached hydrogens (tertiary/aromatic N) is 1. The zero-order valence-corrected chi connectivity index (χ0v) is 14.3. The van der Waals surface area contributed by atoms with Gasteiger partial charge in [0.15, 0.2) is 5.78 Å². The van der Waals surface area contributed by atoms with Crippen LogP contribution in [-0.4, -0.2) is 30.4 Å². The van der Waals surface area contributed by atoms with Crippen molar-refractivity contribution in [3.05, 3.63) is 41.1 Å². The fourth-order valence-corrected chi connectivity index (χ4v) is 3.50. The molecule has 1 heterocycles. The second-order valence-corrected chi connectivity index (χ2v) is 7.16. The van der Waals surface area contributed by atoms with E-state index in [-0.39, 0.29) is 23.0 Å². The number of halogens is 2. The number of urea groups is 1. The van der Waals surface area contributed by atoms with E-state index >= 15 is 0 Å². The zero-order valence-electron chi connectivity index (χ0n) is 14.3. The summed E-state index contributed by atoms with van der Waals surface area (Å²) in [4.78, 5) is 26.6. The predicted molar refractivity (Wildman–Crippen MR) is 87.2 cm³/mol. The van der Waals surface area contributed by atoms with E-state index in [0.29, 0.717) is 29.7 Å². The highest BCUT2D eigenvalue weighted by atomic mass is 19.3. The number of ether oxygens (including phenoxy) is 1. The molecular formula is C18H20F2N2O3. The van der Waals surface area contributed by atoms with Gasteiger partial charge in [0, 0.05) is 30.3 Å². The summed E-state index contributed by atoms with van der Waals surface area (Å²) in [6.45, 7) is 0.952. The minimum Gasteiger partial charge on any atom is -0.434 e. The molecule has 1 unspecified atom stereocenters. The van der Waals surface area contributed by atoms with Crippen LogP contribution in [0, 0.1) is 5.41 Å². The van der Waals surface area contributed by atoms with Gasteiger partial charge in [-0.1, -0.05) is 32.0 Å². The molecule has 0 spiro atoms. The molecule has 0 fully saturated rings. The van der Waals surface area contributed by atoms with E-state index < -0.39 is 12.7 Å². The Morgan fingerprint density at radius 3 is 2.60 bits per heavy atom. The smallest absolute Gasteiger partial charge is 0.387 e. The molecule has 2 aliphatic rings. The first-order chi connectivity index (χ1) is 11.7. The van der Waals surface area contributed by atoms with Gasteiger partial charge in [-0.25, -0.2) is 4.79 Å². The van der Waals surface area contributed by atoms with Crippen molar-refractivity contribution in [1.82, 2.24) is 10.2 Å². The minimum absolute atomic E-state index is 0.0446. The van der Waals surface area contributed by atoms with E-state index in [2.05, 4.69) is 10.1 Å². The van der Waals surface area contributed by atoms with Crippen molar-refractivity contribution in [2.24, 2.45) is 5.41 Å². The van der Waals surface area contributed by atoms with Crippen LogP contribution in [0.5, 0.6) is 5.75 Å². The third kappa shape index (κ3) is 3.23. The van der Waals surface area contributed by atoms with Crippen LogP contribution in [0.3, 0.4) is 0 Å². The van der Waals surface area contributed by atoms with Crippen LogP contribution in [0.4, 0.5) is 13.6 Å². The maximum absolute atomic E-state index is 12.8. The highest BCUT2D eigenvalue weighted by Gasteiger charge is 2.43. The van der Waals surface area contributed by atoms with Crippen molar-refractivity contribution < 1.29 is 23.1 Å². The van der Waals surface area contributed by atoms with Crippen molar-refractivity contribution in [3.8, 4) is 5.75 Å². The Kier molecular flexibility index (Phi) is 4.26. The number of nitrogens with one attached hydrogen (secondary N) is 1. The van der Waals surface area contributed by atoms with Crippen LogP contribution >= 0.6 is 0 Å². The van der Waals surface area contributed by atoms with Crippen LogP contribution in [0.15, 0.2) is 35.5 Å². The van der Waals surface area contributed by atoms with Gasteiger partial charge in [0.1, 0.15) is 5.75 Å². The van der Waals surface area contributed by atoms with Gasteiger partial charge < -0.3 is 15.0 Å². The maximum atomic E-state index is 12.8. The normalized spacial score (nSPS) is 22.8. The Morgan fingerprint density at radius 1 is 1.24 bits per heavy atom. The van der Waals surface area contributed by atoms with Crippen LogP contribution in [-0.2, 0) is 4.79 Å². The monoisotopic (exact) mass is 350 g/mol. The Balaban J connectivity index is 2.12. The summed E-state index contributed by atoms with van der Waals surface area (Å²) >= 11 is 0. The molecule has 2 amide bonds. The Hall–Kier alpha value is -2.44. The third-order valence-electron chi connectivity index (χ3n) is 4.61. The molecule has 0 aromatic heterocycles. The summed E-state index contributed by atoms with van der Waals surface area (Å²) in [5.74, 6) is -0.133. The van der Waals surface area contributed by atoms with E-state index in [1.807, 2.05) is 13.8 Å². The molecule has 3 rings (SSSR count). The molecule has 25 heavy (non-hydrogen) atoms. The Morgan fingerprint density at radius 2 is 1.92 bits per heavy atom. The zero-order chi connectivity index (χ0) is 18.4. The highest BCUT2D eigenvalue weighted by Crippen LogP contribution is 2.45. The molecule has 1 N–H and O–H groups in total. The molecule has 0 bridgehead atoms. The lowest BCUT2D eigenvalue weighted by Crippen LogP contribution is -2.49. The molecule has 1 atom stereocenters. The predicted octanol–water partition coefficient (Wildman–Crippen LogP) is 3.63. The lowest BCUT2D eigenvalue weighted by Gasteiger charge is -2.42. The quantitative estimate of drug-likeness (QED) is 0.906. The van der Waals surface area contributed by atoms with E-state index in [1.54, 1.807) is 25.2 Å². The second-order valence-electron chi connectivity index (χ2n) is 7.16. The molecule has 0 radical (unpaired) electrons. The molecule has 1 aromatic rings. The summed E-state index contributed by atoms with van der Waals surface area (Å²) in [5, 5.41) is 2.74. The first-order valence-corrected chi connectivity index (χ1v) is 8.04. The molecule has 134 valence electrons. The number of amides is 2. The molecule has 1 aromatic carbocycles. The largest absolute Gasteiger partial charge is 0.434 e. The van der Waals surface area contributed by atoms with Gasteiger partial charge in [-0.05, 0) is 17.9 Å². The van der Waals surface area contributed by atoms with Crippen molar-refractivity contribution >= 4 is 11.8 Å². The van der Waals surface area contributed by atoms with Gasteiger partial charge in [0.2, 0.25) is 0 Å². The summed E-state index contributed by atoms with van der Waals surface area (Å²) in [6, 6.07) is 5.06. The topological polar surface area (TPSA) is 58.6 Å². The molecule has 0 saturated heterocycles. The second kappa shape index (κ2) is 6.13. The Labute approximate surface area is 144 Å². The molecule has 1 aliphatic carbocycles. The van der Waals surface area contributed by atoms with E-state index in [0.717, 1.165) is 0 Å². The molecule has 1 aliphatic heterocycles. The van der Waals surface area contributed by atoms with E-state index in [4.69, 9.17) is 0 Å². The SMILES string of the molecule is CN1C(=O)NC(c2ccccc2OC(F)F)C2=C1CC(C)(C)CC2=O. The maximum Gasteiger partial charge on any atom is 0.387 e. The van der Waals surface area contributed by atoms with Crippen LogP contribution in [0.25, 0.3) is 0 Å². The first kappa shape index (κ1) is 17.4. The Bertz CT molecular complexity index is 758. The molecule has 7 heteroatoms. The highest BCUT2D eigenvalue weighted by molar-refractivity contribution is 6.01. The van der Waals surface area contributed by atoms with Gasteiger partial charge >= 0.3 is 12.6 Å². The first-order valence-electron chi connectivity index (χ1n) is 8.04. The van der Waals surface area contributed by atoms with Gasteiger partial charge in [-0.2, -0.15) is 8.78 Å². The molecule has 5 nitrogen and oxygen atoms in total. The molecule has 0 saturated carbocycles. The van der Waals surface area contributed by atoms with Crippen LogP contribution in [0.2, 0.25) is 0 Å². The fourth-order valence-electron chi connectivity index (χ4n) is 3.50. The third-order valence-corrected chi connectivity index (χ3v) is 4.61.